The van der Waals surface area contributed by atoms with Crippen LogP contribution in [0.1, 0.15) is 26.2 Å². The molecule has 0 amide bonds. The number of nitrogens with one attached hydrogen (secondary N) is 1. The summed E-state index contributed by atoms with van der Waals surface area (Å²) in [5.74, 6) is -0.323. The lowest BCUT2D eigenvalue weighted by Crippen LogP contribution is -2.49. The van der Waals surface area contributed by atoms with Gasteiger partial charge in [0.2, 0.25) is 0 Å². The number of hydrogen-bond acceptors (Lipinski definition) is 5. The van der Waals surface area contributed by atoms with E-state index in [1.165, 1.54) is 4.90 Å². The van der Waals surface area contributed by atoms with Crippen molar-refractivity contribution in [2.24, 2.45) is 0 Å². The lowest BCUT2D eigenvalue weighted by atomic mass is 9.89. The van der Waals surface area contributed by atoms with Crippen LogP contribution in [0, 0.1) is 0 Å². The van der Waals surface area contributed by atoms with Gasteiger partial charge in [-0.1, -0.05) is 6.92 Å². The second-order valence-electron chi connectivity index (χ2n) is 5.35. The summed E-state index contributed by atoms with van der Waals surface area (Å²) in [6.45, 7) is 4.64. The zero-order valence-electron chi connectivity index (χ0n) is 11.9. The molecule has 1 spiro atoms. The third kappa shape index (κ3) is 3.17. The topological polar surface area (TPSA) is 43.4 Å². The molecule has 3 rings (SSSR count). The van der Waals surface area contributed by atoms with Crippen LogP contribution >= 0.6 is 11.8 Å². The zero-order chi connectivity index (χ0) is 13.8. The van der Waals surface area contributed by atoms with Gasteiger partial charge in [0, 0.05) is 41.4 Å². The Labute approximate surface area is 124 Å². The molecule has 1 aromatic rings. The Kier molecular flexibility index (Phi) is 4.61. The van der Waals surface area contributed by atoms with Crippen molar-refractivity contribution in [3.8, 4) is 0 Å². The second-order valence-corrected chi connectivity index (χ2v) is 6.67. The molecule has 0 bridgehead atoms. The minimum atomic E-state index is -0.323. The summed E-state index contributed by atoms with van der Waals surface area (Å²) in [6.07, 6.45) is 6.77. The van der Waals surface area contributed by atoms with E-state index in [9.17, 15) is 0 Å². The number of ether oxygens (including phenoxy) is 2. The van der Waals surface area contributed by atoms with E-state index < -0.39 is 0 Å². The molecule has 4 nitrogen and oxygen atoms in total. The van der Waals surface area contributed by atoms with Gasteiger partial charge in [0.15, 0.2) is 5.79 Å². The van der Waals surface area contributed by atoms with E-state index in [2.05, 4.69) is 29.4 Å². The van der Waals surface area contributed by atoms with Gasteiger partial charge in [-0.2, -0.15) is 0 Å². The number of thioether (sulfide) groups is 1. The van der Waals surface area contributed by atoms with Crippen LogP contribution in [0.25, 0.3) is 0 Å². The van der Waals surface area contributed by atoms with Crippen LogP contribution in [0.4, 0.5) is 0 Å². The molecule has 20 heavy (non-hydrogen) atoms. The monoisotopic (exact) mass is 294 g/mol. The lowest BCUT2D eigenvalue weighted by Gasteiger charge is -2.41. The predicted molar refractivity (Wildman–Crippen MR) is 79.8 cm³/mol. The first kappa shape index (κ1) is 14.3. The summed E-state index contributed by atoms with van der Waals surface area (Å²) in [4.78, 5) is 5.35. The summed E-state index contributed by atoms with van der Waals surface area (Å²) in [5, 5.41) is 4.09. The van der Waals surface area contributed by atoms with Crippen molar-refractivity contribution in [3.05, 3.63) is 24.5 Å². The molecule has 2 unspecified atom stereocenters. The SMILES string of the molecule is CCNC1CCC2(CC1Sc1ccncc1)OCCO2. The van der Waals surface area contributed by atoms with Gasteiger partial charge in [-0.05, 0) is 25.1 Å². The van der Waals surface area contributed by atoms with E-state index in [0.29, 0.717) is 11.3 Å². The Bertz CT molecular complexity index is 423. The third-order valence-corrected chi connectivity index (χ3v) is 5.36. The number of hydrogen-bond donors (Lipinski definition) is 1. The molecule has 2 fully saturated rings. The summed E-state index contributed by atoms with van der Waals surface area (Å²) in [7, 11) is 0. The Morgan fingerprint density at radius 1 is 1.35 bits per heavy atom. The van der Waals surface area contributed by atoms with Gasteiger partial charge >= 0.3 is 0 Å². The van der Waals surface area contributed by atoms with E-state index in [-0.39, 0.29) is 5.79 Å². The van der Waals surface area contributed by atoms with Crippen LogP contribution in [-0.4, -0.2) is 41.8 Å². The highest BCUT2D eigenvalue weighted by atomic mass is 32.2. The van der Waals surface area contributed by atoms with Crippen molar-refractivity contribution >= 4 is 11.8 Å². The molecule has 2 heterocycles. The molecular weight excluding hydrogens is 272 g/mol. The minimum Gasteiger partial charge on any atom is -0.347 e. The van der Waals surface area contributed by atoms with Crippen molar-refractivity contribution in [2.45, 2.75) is 48.2 Å². The molecule has 0 aromatic carbocycles. The minimum absolute atomic E-state index is 0.323. The van der Waals surface area contributed by atoms with Crippen molar-refractivity contribution < 1.29 is 9.47 Å². The largest absolute Gasteiger partial charge is 0.347 e. The molecule has 0 radical (unpaired) electrons. The first-order chi connectivity index (χ1) is 9.81. The quantitative estimate of drug-likeness (QED) is 0.924. The smallest absolute Gasteiger partial charge is 0.169 e. The molecule has 5 heteroatoms. The number of pyridine rings is 1. The highest BCUT2D eigenvalue weighted by Gasteiger charge is 2.45. The highest BCUT2D eigenvalue weighted by Crippen LogP contribution is 2.42. The standard InChI is InChI=1S/C15H22N2O2S/c1-2-17-13-3-6-15(18-9-10-19-15)11-14(13)20-12-4-7-16-8-5-12/h4-5,7-8,13-14,17H,2-3,6,9-11H2,1H3. The van der Waals surface area contributed by atoms with Crippen LogP contribution in [0.5, 0.6) is 0 Å². The first-order valence-corrected chi connectivity index (χ1v) is 8.27. The van der Waals surface area contributed by atoms with Crippen molar-refractivity contribution in [2.75, 3.05) is 19.8 Å². The molecule has 1 aromatic heterocycles. The van der Waals surface area contributed by atoms with Gasteiger partial charge in [-0.3, -0.25) is 4.98 Å². The number of nitrogens with zero attached hydrogens (tertiary/aromatic N) is 1. The molecule has 1 N–H and O–H groups in total. The van der Waals surface area contributed by atoms with Gasteiger partial charge in [-0.25, -0.2) is 0 Å². The third-order valence-electron chi connectivity index (χ3n) is 4.01. The average Bonchev–Trinajstić information content (AvgIpc) is 2.92. The summed E-state index contributed by atoms with van der Waals surface area (Å²) in [5.41, 5.74) is 0. The fourth-order valence-electron chi connectivity index (χ4n) is 3.08. The Balaban J connectivity index is 1.71. The average molecular weight is 294 g/mol. The second kappa shape index (κ2) is 6.43. The van der Waals surface area contributed by atoms with E-state index in [0.717, 1.165) is 39.0 Å². The van der Waals surface area contributed by atoms with Crippen molar-refractivity contribution in [1.29, 1.82) is 0 Å². The van der Waals surface area contributed by atoms with Crippen molar-refractivity contribution in [3.63, 3.8) is 0 Å². The molecule has 110 valence electrons. The number of aromatic nitrogens is 1. The maximum absolute atomic E-state index is 5.90. The Hall–Kier alpha value is -0.620. The Morgan fingerprint density at radius 3 is 2.80 bits per heavy atom. The van der Waals surface area contributed by atoms with Crippen LogP contribution in [0.2, 0.25) is 0 Å². The van der Waals surface area contributed by atoms with E-state index in [1.54, 1.807) is 0 Å². The van der Waals surface area contributed by atoms with Gasteiger partial charge in [0.05, 0.1) is 13.2 Å². The van der Waals surface area contributed by atoms with Gasteiger partial charge in [-0.15, -0.1) is 11.8 Å². The van der Waals surface area contributed by atoms with Gasteiger partial charge < -0.3 is 14.8 Å². The van der Waals surface area contributed by atoms with E-state index >= 15 is 0 Å². The van der Waals surface area contributed by atoms with Gasteiger partial charge in [0.25, 0.3) is 0 Å². The summed E-state index contributed by atoms with van der Waals surface area (Å²) < 4.78 is 11.8. The van der Waals surface area contributed by atoms with Crippen LogP contribution in [0.3, 0.4) is 0 Å². The summed E-state index contributed by atoms with van der Waals surface area (Å²) in [6, 6.07) is 4.67. The molecular formula is C15H22N2O2S. The fourth-order valence-corrected chi connectivity index (χ4v) is 4.44. The van der Waals surface area contributed by atoms with Crippen molar-refractivity contribution in [1.82, 2.24) is 10.3 Å². The fraction of sp³-hybridized carbons (Fsp3) is 0.667. The number of rotatable bonds is 4. The molecule has 2 atom stereocenters. The Morgan fingerprint density at radius 2 is 2.10 bits per heavy atom. The predicted octanol–water partition coefficient (Wildman–Crippen LogP) is 2.45. The van der Waals surface area contributed by atoms with Gasteiger partial charge in [0.1, 0.15) is 0 Å². The molecule has 1 aliphatic heterocycles. The normalized spacial score (nSPS) is 28.9. The maximum atomic E-state index is 5.90. The summed E-state index contributed by atoms with van der Waals surface area (Å²) >= 11 is 1.91. The van der Waals surface area contributed by atoms with Crippen LogP contribution in [0.15, 0.2) is 29.4 Å². The lowest BCUT2D eigenvalue weighted by molar-refractivity contribution is -0.178. The highest BCUT2D eigenvalue weighted by molar-refractivity contribution is 8.00. The van der Waals surface area contributed by atoms with E-state index in [1.807, 2.05) is 24.2 Å². The molecule has 2 aliphatic rings. The van der Waals surface area contributed by atoms with Crippen LogP contribution < -0.4 is 5.32 Å². The molecule has 1 aliphatic carbocycles. The first-order valence-electron chi connectivity index (χ1n) is 7.39. The zero-order valence-corrected chi connectivity index (χ0v) is 12.7. The van der Waals surface area contributed by atoms with Crippen LogP contribution in [-0.2, 0) is 9.47 Å². The molecule has 1 saturated carbocycles. The molecule has 1 saturated heterocycles. The van der Waals surface area contributed by atoms with E-state index in [4.69, 9.17) is 9.47 Å². The maximum Gasteiger partial charge on any atom is 0.169 e.